The van der Waals surface area contributed by atoms with Gasteiger partial charge in [-0.05, 0) is 26.2 Å². The second kappa shape index (κ2) is 9.65. The van der Waals surface area contributed by atoms with Gasteiger partial charge in [0, 0.05) is 26.3 Å². The van der Waals surface area contributed by atoms with Gasteiger partial charge in [-0.2, -0.15) is 0 Å². The Morgan fingerprint density at radius 2 is 2.29 bits per heavy atom. The smallest absolute Gasteiger partial charge is 0.249 e. The first-order valence-electron chi connectivity index (χ1n) is 5.99. The topological polar surface area (TPSA) is 73.6 Å². The highest BCUT2D eigenvalue weighted by Crippen LogP contribution is 2.18. The molecule has 102 valence electrons. The van der Waals surface area contributed by atoms with Crippen LogP contribution in [0.4, 0.5) is 0 Å². The minimum Gasteiger partial charge on any atom is -0.382 e. The van der Waals surface area contributed by atoms with Crippen LogP contribution in [0, 0.1) is 0 Å². The summed E-state index contributed by atoms with van der Waals surface area (Å²) in [6.45, 7) is 4.50. The van der Waals surface area contributed by atoms with Gasteiger partial charge in [-0.1, -0.05) is 0 Å². The average molecular weight is 267 g/mol. The number of amides is 1. The number of hydrogen-bond donors (Lipinski definition) is 2. The molecule has 1 aliphatic heterocycles. The van der Waals surface area contributed by atoms with Crippen molar-refractivity contribution in [1.82, 2.24) is 5.32 Å². The number of rotatable bonds is 7. The van der Waals surface area contributed by atoms with Crippen molar-refractivity contribution >= 4 is 18.3 Å². The SMILES string of the molecule is CCOCCCNC(=O)[C@@H]1CC[C@H](CN)O1.Cl. The summed E-state index contributed by atoms with van der Waals surface area (Å²) in [7, 11) is 0. The molecule has 0 aliphatic carbocycles. The van der Waals surface area contributed by atoms with Crippen LogP contribution >= 0.6 is 12.4 Å². The van der Waals surface area contributed by atoms with E-state index in [0.29, 0.717) is 19.7 Å². The summed E-state index contributed by atoms with van der Waals surface area (Å²) >= 11 is 0. The number of nitrogens with one attached hydrogen (secondary N) is 1. The predicted octanol–water partition coefficient (Wildman–Crippen LogP) is 0.457. The Kier molecular flexibility index (Phi) is 9.44. The molecular formula is C11H23ClN2O3. The molecule has 0 bridgehead atoms. The highest BCUT2D eigenvalue weighted by Gasteiger charge is 2.29. The lowest BCUT2D eigenvalue weighted by Crippen LogP contribution is -2.36. The highest BCUT2D eigenvalue weighted by molar-refractivity contribution is 5.85. The Morgan fingerprint density at radius 1 is 1.53 bits per heavy atom. The second-order valence-electron chi connectivity index (χ2n) is 3.90. The number of carbonyl (C=O) groups is 1. The van der Waals surface area contributed by atoms with Gasteiger partial charge in [-0.25, -0.2) is 0 Å². The van der Waals surface area contributed by atoms with Crippen molar-refractivity contribution in [2.24, 2.45) is 5.73 Å². The van der Waals surface area contributed by atoms with Crippen molar-refractivity contribution in [1.29, 1.82) is 0 Å². The van der Waals surface area contributed by atoms with Crippen LogP contribution in [0.5, 0.6) is 0 Å². The zero-order chi connectivity index (χ0) is 11.8. The molecular weight excluding hydrogens is 244 g/mol. The Bertz CT molecular complexity index is 217. The van der Waals surface area contributed by atoms with Crippen molar-refractivity contribution < 1.29 is 14.3 Å². The van der Waals surface area contributed by atoms with Gasteiger partial charge in [0.2, 0.25) is 5.91 Å². The molecule has 0 aromatic carbocycles. The lowest BCUT2D eigenvalue weighted by atomic mass is 10.2. The van der Waals surface area contributed by atoms with Crippen molar-refractivity contribution in [3.05, 3.63) is 0 Å². The first-order chi connectivity index (χ1) is 7.77. The van der Waals surface area contributed by atoms with E-state index in [-0.39, 0.29) is 30.5 Å². The van der Waals surface area contributed by atoms with E-state index in [1.54, 1.807) is 0 Å². The Balaban J connectivity index is 0.00000256. The summed E-state index contributed by atoms with van der Waals surface area (Å²) in [6.07, 6.45) is 2.25. The largest absolute Gasteiger partial charge is 0.382 e. The van der Waals surface area contributed by atoms with Crippen molar-refractivity contribution in [3.8, 4) is 0 Å². The van der Waals surface area contributed by atoms with Crippen LogP contribution in [0.2, 0.25) is 0 Å². The molecule has 0 radical (unpaired) electrons. The summed E-state index contributed by atoms with van der Waals surface area (Å²) in [5.41, 5.74) is 5.48. The summed E-state index contributed by atoms with van der Waals surface area (Å²) in [5.74, 6) is -0.0209. The number of nitrogens with two attached hydrogens (primary N) is 1. The molecule has 1 aliphatic rings. The third-order valence-electron chi connectivity index (χ3n) is 2.63. The first kappa shape index (κ1) is 16.6. The third-order valence-corrected chi connectivity index (χ3v) is 2.63. The van der Waals surface area contributed by atoms with Crippen LogP contribution < -0.4 is 11.1 Å². The second-order valence-corrected chi connectivity index (χ2v) is 3.90. The van der Waals surface area contributed by atoms with Gasteiger partial charge in [-0.15, -0.1) is 12.4 Å². The van der Waals surface area contributed by atoms with Crippen LogP contribution in [0.1, 0.15) is 26.2 Å². The van der Waals surface area contributed by atoms with Gasteiger partial charge in [0.25, 0.3) is 0 Å². The molecule has 17 heavy (non-hydrogen) atoms. The summed E-state index contributed by atoms with van der Waals surface area (Å²) in [6, 6.07) is 0. The quantitative estimate of drug-likeness (QED) is 0.657. The van der Waals surface area contributed by atoms with E-state index in [2.05, 4.69) is 5.32 Å². The maximum atomic E-state index is 11.6. The zero-order valence-electron chi connectivity index (χ0n) is 10.3. The predicted molar refractivity (Wildman–Crippen MR) is 68.3 cm³/mol. The highest BCUT2D eigenvalue weighted by atomic mass is 35.5. The Hall–Kier alpha value is -0.360. The standard InChI is InChI=1S/C11H22N2O3.ClH/c1-2-15-7-3-6-13-11(14)10-5-4-9(8-12)16-10;/h9-10H,2-8,12H2,1H3,(H,13,14);1H/t9-,10+;/m1./s1. The van der Waals surface area contributed by atoms with Crippen molar-refractivity contribution in [3.63, 3.8) is 0 Å². The van der Waals surface area contributed by atoms with Crippen molar-refractivity contribution in [2.45, 2.75) is 38.4 Å². The lowest BCUT2D eigenvalue weighted by Gasteiger charge is -2.12. The monoisotopic (exact) mass is 266 g/mol. The van der Waals surface area contributed by atoms with Gasteiger partial charge in [0.05, 0.1) is 6.10 Å². The number of halogens is 1. The molecule has 0 aromatic heterocycles. The summed E-state index contributed by atoms with van der Waals surface area (Å²) in [5, 5.41) is 2.84. The number of ether oxygens (including phenoxy) is 2. The van der Waals surface area contributed by atoms with E-state index >= 15 is 0 Å². The first-order valence-corrected chi connectivity index (χ1v) is 5.99. The summed E-state index contributed by atoms with van der Waals surface area (Å²) in [4.78, 5) is 11.6. The van der Waals surface area contributed by atoms with E-state index in [1.807, 2.05) is 6.92 Å². The molecule has 1 amide bonds. The van der Waals surface area contributed by atoms with E-state index in [4.69, 9.17) is 15.2 Å². The van der Waals surface area contributed by atoms with Crippen LogP contribution in [0.25, 0.3) is 0 Å². The maximum absolute atomic E-state index is 11.6. The van der Waals surface area contributed by atoms with Gasteiger partial charge in [0.15, 0.2) is 0 Å². The molecule has 1 rings (SSSR count). The van der Waals surface area contributed by atoms with Gasteiger partial charge in [0.1, 0.15) is 6.10 Å². The van der Waals surface area contributed by atoms with E-state index in [0.717, 1.165) is 25.9 Å². The molecule has 1 saturated heterocycles. The molecule has 6 heteroatoms. The van der Waals surface area contributed by atoms with Crippen LogP contribution in [-0.4, -0.2) is 44.4 Å². The van der Waals surface area contributed by atoms with Gasteiger partial charge >= 0.3 is 0 Å². The van der Waals surface area contributed by atoms with Crippen LogP contribution in [0.15, 0.2) is 0 Å². The molecule has 1 fully saturated rings. The zero-order valence-corrected chi connectivity index (χ0v) is 11.1. The Labute approximate surface area is 109 Å². The molecule has 3 N–H and O–H groups in total. The van der Waals surface area contributed by atoms with E-state index in [9.17, 15) is 4.79 Å². The maximum Gasteiger partial charge on any atom is 0.249 e. The van der Waals surface area contributed by atoms with Crippen molar-refractivity contribution in [2.75, 3.05) is 26.3 Å². The lowest BCUT2D eigenvalue weighted by molar-refractivity contribution is -0.131. The number of hydrogen-bond acceptors (Lipinski definition) is 4. The van der Waals surface area contributed by atoms with Gasteiger partial charge in [-0.3, -0.25) is 4.79 Å². The molecule has 0 unspecified atom stereocenters. The average Bonchev–Trinajstić information content (AvgIpc) is 2.77. The summed E-state index contributed by atoms with van der Waals surface area (Å²) < 4.78 is 10.7. The number of carbonyl (C=O) groups excluding carboxylic acids is 1. The fourth-order valence-corrected chi connectivity index (χ4v) is 1.72. The van der Waals surface area contributed by atoms with E-state index < -0.39 is 0 Å². The fourth-order valence-electron chi connectivity index (χ4n) is 1.72. The molecule has 0 saturated carbocycles. The van der Waals surface area contributed by atoms with Crippen LogP contribution in [-0.2, 0) is 14.3 Å². The molecule has 5 nitrogen and oxygen atoms in total. The minimum atomic E-state index is -0.305. The fraction of sp³-hybridized carbons (Fsp3) is 0.909. The normalized spacial score (nSPS) is 23.2. The minimum absolute atomic E-state index is 0. The van der Waals surface area contributed by atoms with Crippen LogP contribution in [0.3, 0.4) is 0 Å². The molecule has 0 aromatic rings. The van der Waals surface area contributed by atoms with Gasteiger partial charge < -0.3 is 20.5 Å². The third kappa shape index (κ3) is 6.21. The molecule has 0 spiro atoms. The Morgan fingerprint density at radius 3 is 2.88 bits per heavy atom. The molecule has 1 heterocycles. The molecule has 2 atom stereocenters. The van der Waals surface area contributed by atoms with E-state index in [1.165, 1.54) is 0 Å².